The van der Waals surface area contributed by atoms with E-state index in [-0.39, 0.29) is 22.1 Å². The maximum atomic E-state index is 13.0. The molecule has 2 aromatic rings. The zero-order valence-electron chi connectivity index (χ0n) is 17.5. The Bertz CT molecular complexity index is 986. The molecule has 0 saturated carbocycles. The number of hydrogen-bond acceptors (Lipinski definition) is 7. The van der Waals surface area contributed by atoms with Gasteiger partial charge in [-0.25, -0.2) is 8.42 Å². The van der Waals surface area contributed by atoms with Crippen LogP contribution in [0.5, 0.6) is 0 Å². The van der Waals surface area contributed by atoms with Crippen molar-refractivity contribution in [1.82, 2.24) is 19.3 Å². The van der Waals surface area contributed by atoms with E-state index in [0.717, 1.165) is 0 Å². The normalized spacial score (nSPS) is 18.0. The van der Waals surface area contributed by atoms with E-state index < -0.39 is 10.0 Å². The molecule has 1 aliphatic heterocycles. The summed E-state index contributed by atoms with van der Waals surface area (Å²) in [7, 11) is -3.64. The summed E-state index contributed by atoms with van der Waals surface area (Å²) in [5.41, 5.74) is 0.201. The monoisotopic (exact) mass is 420 g/mol. The average Bonchev–Trinajstić information content (AvgIpc) is 3.18. The summed E-state index contributed by atoms with van der Waals surface area (Å²) in [6.45, 7) is 11.3. The van der Waals surface area contributed by atoms with Gasteiger partial charge in [-0.1, -0.05) is 38.1 Å². The molecular formula is C20H28N4O4S. The Morgan fingerprint density at radius 3 is 2.38 bits per heavy atom. The van der Waals surface area contributed by atoms with Crippen LogP contribution >= 0.6 is 0 Å². The summed E-state index contributed by atoms with van der Waals surface area (Å²) in [6, 6.07) is 6.11. The number of carbonyl (C=O) groups excluding carboxylic acids is 1. The van der Waals surface area contributed by atoms with Gasteiger partial charge >= 0.3 is 0 Å². The minimum absolute atomic E-state index is 0.0931. The van der Waals surface area contributed by atoms with Crippen LogP contribution in [0.2, 0.25) is 0 Å². The molecule has 2 heterocycles. The van der Waals surface area contributed by atoms with E-state index in [1.165, 1.54) is 23.4 Å². The van der Waals surface area contributed by atoms with Crippen molar-refractivity contribution in [3.8, 4) is 0 Å². The van der Waals surface area contributed by atoms with Crippen molar-refractivity contribution in [2.24, 2.45) is 0 Å². The number of nitrogens with zero attached hydrogens (tertiary/aromatic N) is 4. The molecule has 8 nitrogen and oxygen atoms in total. The van der Waals surface area contributed by atoms with Crippen molar-refractivity contribution in [3.63, 3.8) is 0 Å². The molecular weight excluding hydrogens is 392 g/mol. The molecule has 0 bridgehead atoms. The van der Waals surface area contributed by atoms with Crippen LogP contribution in [0.15, 0.2) is 33.7 Å². The summed E-state index contributed by atoms with van der Waals surface area (Å²) in [5, 5.41) is 4.07. The highest BCUT2D eigenvalue weighted by Crippen LogP contribution is 2.26. The van der Waals surface area contributed by atoms with Gasteiger partial charge in [-0.3, -0.25) is 9.69 Å². The zero-order chi connectivity index (χ0) is 21.4. The van der Waals surface area contributed by atoms with Gasteiger partial charge in [0.2, 0.25) is 15.9 Å². The Morgan fingerprint density at radius 1 is 1.17 bits per heavy atom. The molecule has 1 saturated heterocycles. The summed E-state index contributed by atoms with van der Waals surface area (Å²) in [5.74, 6) is 1.04. The molecule has 0 spiro atoms. The van der Waals surface area contributed by atoms with E-state index in [0.29, 0.717) is 43.5 Å². The van der Waals surface area contributed by atoms with Crippen molar-refractivity contribution >= 4 is 15.8 Å². The van der Waals surface area contributed by atoms with Crippen LogP contribution in [0.4, 0.5) is 0 Å². The van der Waals surface area contributed by atoms with Gasteiger partial charge in [0.1, 0.15) is 0 Å². The van der Waals surface area contributed by atoms with Gasteiger partial charge in [0, 0.05) is 37.2 Å². The van der Waals surface area contributed by atoms with Gasteiger partial charge in [0.25, 0.3) is 0 Å². The van der Waals surface area contributed by atoms with Crippen LogP contribution in [0.25, 0.3) is 0 Å². The number of ketones is 1. The largest absolute Gasteiger partial charge is 0.338 e. The van der Waals surface area contributed by atoms with Gasteiger partial charge in [-0.05, 0) is 26.0 Å². The second-order valence-electron chi connectivity index (χ2n) is 8.41. The molecule has 29 heavy (non-hydrogen) atoms. The molecule has 1 aromatic heterocycles. The average molecular weight is 421 g/mol. The van der Waals surface area contributed by atoms with Gasteiger partial charge in [0.05, 0.1) is 10.9 Å². The molecule has 1 fully saturated rings. The van der Waals surface area contributed by atoms with Crippen molar-refractivity contribution in [2.75, 3.05) is 26.2 Å². The first kappa shape index (κ1) is 21.6. The quantitative estimate of drug-likeness (QED) is 0.686. The lowest BCUT2D eigenvalue weighted by molar-refractivity contribution is 0.101. The lowest BCUT2D eigenvalue weighted by atomic mass is 9.96. The van der Waals surface area contributed by atoms with E-state index in [9.17, 15) is 13.2 Å². The molecule has 1 atom stereocenters. The Labute approximate surface area is 171 Å². The van der Waals surface area contributed by atoms with Gasteiger partial charge in [-0.2, -0.15) is 9.29 Å². The molecule has 0 radical (unpaired) electrons. The number of hydrogen-bond donors (Lipinski definition) is 0. The van der Waals surface area contributed by atoms with Crippen LogP contribution in [-0.2, 0) is 15.4 Å². The van der Waals surface area contributed by atoms with E-state index in [1.807, 2.05) is 27.7 Å². The van der Waals surface area contributed by atoms with Gasteiger partial charge < -0.3 is 4.52 Å². The molecule has 1 aromatic carbocycles. The minimum Gasteiger partial charge on any atom is -0.338 e. The predicted molar refractivity (Wildman–Crippen MR) is 108 cm³/mol. The maximum Gasteiger partial charge on any atom is 0.243 e. The van der Waals surface area contributed by atoms with Crippen LogP contribution < -0.4 is 0 Å². The number of sulfonamides is 1. The van der Waals surface area contributed by atoms with E-state index in [4.69, 9.17) is 4.52 Å². The molecule has 3 rings (SSSR count). The lowest BCUT2D eigenvalue weighted by Gasteiger charge is -2.36. The third-order valence-electron chi connectivity index (χ3n) is 5.17. The van der Waals surface area contributed by atoms with E-state index in [2.05, 4.69) is 15.0 Å². The van der Waals surface area contributed by atoms with Crippen LogP contribution in [0.3, 0.4) is 0 Å². The SMILES string of the molecule is CC(=O)c1cccc(S(=O)(=O)N2CCN(C(C)c3nc(C(C)(C)C)no3)CC2)c1. The number of carbonyl (C=O) groups is 1. The van der Waals surface area contributed by atoms with Crippen molar-refractivity contribution in [2.45, 2.75) is 51.0 Å². The topological polar surface area (TPSA) is 96.6 Å². The maximum absolute atomic E-state index is 13.0. The summed E-state index contributed by atoms with van der Waals surface area (Å²) < 4.78 is 32.9. The highest BCUT2D eigenvalue weighted by atomic mass is 32.2. The van der Waals surface area contributed by atoms with Crippen molar-refractivity contribution in [3.05, 3.63) is 41.5 Å². The second kappa shape index (κ2) is 7.97. The molecule has 158 valence electrons. The standard InChI is InChI=1S/C20H28N4O4S/c1-14(18-21-19(22-28-18)20(3,4)5)23-9-11-24(12-10-23)29(26,27)17-8-6-7-16(13-17)15(2)25/h6-8,13-14H,9-12H2,1-5H3. The first-order valence-electron chi connectivity index (χ1n) is 9.69. The van der Waals surface area contributed by atoms with Gasteiger partial charge in [0.15, 0.2) is 11.6 Å². The Hall–Kier alpha value is -2.10. The number of piperazine rings is 1. The molecule has 0 N–H and O–H groups in total. The molecule has 0 aliphatic carbocycles. The van der Waals surface area contributed by atoms with Crippen LogP contribution in [0, 0.1) is 0 Å². The summed E-state index contributed by atoms with van der Waals surface area (Å²) in [6.07, 6.45) is 0. The number of benzene rings is 1. The van der Waals surface area contributed by atoms with Crippen LogP contribution in [-0.4, -0.2) is 59.7 Å². The lowest BCUT2D eigenvalue weighted by Crippen LogP contribution is -2.49. The summed E-state index contributed by atoms with van der Waals surface area (Å²) >= 11 is 0. The summed E-state index contributed by atoms with van der Waals surface area (Å²) in [4.78, 5) is 18.4. The number of rotatable bonds is 5. The molecule has 1 unspecified atom stereocenters. The van der Waals surface area contributed by atoms with Gasteiger partial charge in [-0.15, -0.1) is 0 Å². The third-order valence-corrected chi connectivity index (χ3v) is 7.06. The van der Waals surface area contributed by atoms with Crippen LogP contribution in [0.1, 0.15) is 62.7 Å². The fraction of sp³-hybridized carbons (Fsp3) is 0.550. The fourth-order valence-electron chi connectivity index (χ4n) is 3.22. The predicted octanol–water partition coefficient (Wildman–Crippen LogP) is 2.64. The first-order valence-corrected chi connectivity index (χ1v) is 11.1. The number of Topliss-reactive ketones (excluding diaryl/α,β-unsaturated/α-hetero) is 1. The molecule has 0 amide bonds. The number of aromatic nitrogens is 2. The first-order chi connectivity index (χ1) is 13.5. The van der Waals surface area contributed by atoms with Crippen molar-refractivity contribution < 1.29 is 17.7 Å². The Balaban J connectivity index is 1.69. The Morgan fingerprint density at radius 2 is 1.83 bits per heavy atom. The highest BCUT2D eigenvalue weighted by molar-refractivity contribution is 7.89. The molecule has 1 aliphatic rings. The van der Waals surface area contributed by atoms with E-state index >= 15 is 0 Å². The Kier molecular flexibility index (Phi) is 5.93. The molecule has 9 heteroatoms. The second-order valence-corrected chi connectivity index (χ2v) is 10.3. The smallest absolute Gasteiger partial charge is 0.243 e. The third kappa shape index (κ3) is 4.57. The zero-order valence-corrected chi connectivity index (χ0v) is 18.4. The van der Waals surface area contributed by atoms with E-state index in [1.54, 1.807) is 12.1 Å². The fourth-order valence-corrected chi connectivity index (χ4v) is 4.69. The van der Waals surface area contributed by atoms with Crippen molar-refractivity contribution in [1.29, 1.82) is 0 Å². The minimum atomic E-state index is -3.64. The highest BCUT2D eigenvalue weighted by Gasteiger charge is 2.32.